The lowest BCUT2D eigenvalue weighted by Crippen LogP contribution is -2.24. The van der Waals surface area contributed by atoms with Crippen molar-refractivity contribution >= 4 is 0 Å². The molecule has 1 rings (SSSR count). The number of hydrogen-bond acceptors (Lipinski definition) is 4. The number of aryl methyl sites for hydroxylation is 1. The smallest absolute Gasteiger partial charge is 0.119 e. The van der Waals surface area contributed by atoms with Crippen LogP contribution in [0.15, 0.2) is 24.3 Å². The molecule has 0 aromatic heterocycles. The van der Waals surface area contributed by atoms with Crippen molar-refractivity contribution in [3.63, 3.8) is 0 Å². The second-order valence-corrected chi connectivity index (χ2v) is 4.02. The first-order chi connectivity index (χ1) is 8.83. The van der Waals surface area contributed by atoms with E-state index < -0.39 is 0 Å². The average Bonchev–Trinajstić information content (AvgIpc) is 2.39. The first-order valence-corrected chi connectivity index (χ1v) is 6.30. The molecule has 0 aliphatic heterocycles. The molecule has 18 heavy (non-hydrogen) atoms. The molecule has 0 unspecified atom stereocenters. The Morgan fingerprint density at radius 1 is 0.944 bits per heavy atom. The molecule has 0 atom stereocenters. The van der Waals surface area contributed by atoms with Crippen LogP contribution >= 0.6 is 0 Å². The van der Waals surface area contributed by atoms with Gasteiger partial charge in [-0.15, -0.1) is 0 Å². The number of ether oxygens (including phenoxy) is 3. The van der Waals surface area contributed by atoms with Gasteiger partial charge in [-0.3, -0.25) is 0 Å². The van der Waals surface area contributed by atoms with Crippen LogP contribution in [0.4, 0.5) is 0 Å². The Bertz CT molecular complexity index is 300. The van der Waals surface area contributed by atoms with Gasteiger partial charge in [-0.1, -0.05) is 17.7 Å². The molecule has 0 radical (unpaired) electrons. The standard InChI is InChI=1S/C14H23NO3/c1-13-3-5-14(6-4-13)18-12-11-17-10-8-15-7-9-16-2/h3-6,15H,7-12H2,1-2H3. The molecule has 0 aliphatic carbocycles. The van der Waals surface area contributed by atoms with Gasteiger partial charge in [0.25, 0.3) is 0 Å². The summed E-state index contributed by atoms with van der Waals surface area (Å²) in [7, 11) is 1.70. The maximum absolute atomic E-state index is 5.54. The highest BCUT2D eigenvalue weighted by Gasteiger charge is 1.93. The second kappa shape index (κ2) is 9.88. The zero-order valence-electron chi connectivity index (χ0n) is 11.3. The van der Waals surface area contributed by atoms with Crippen molar-refractivity contribution in [2.45, 2.75) is 6.92 Å². The number of methoxy groups -OCH3 is 1. The largest absolute Gasteiger partial charge is 0.491 e. The molecule has 4 nitrogen and oxygen atoms in total. The van der Waals surface area contributed by atoms with Crippen LogP contribution in [0.1, 0.15) is 5.56 Å². The van der Waals surface area contributed by atoms with Crippen molar-refractivity contribution in [3.8, 4) is 5.75 Å². The third-order valence-corrected chi connectivity index (χ3v) is 2.42. The summed E-state index contributed by atoms with van der Waals surface area (Å²) in [4.78, 5) is 0. The molecule has 0 amide bonds. The Hall–Kier alpha value is -1.10. The highest BCUT2D eigenvalue weighted by Crippen LogP contribution is 2.10. The molecule has 0 saturated heterocycles. The van der Waals surface area contributed by atoms with E-state index in [-0.39, 0.29) is 0 Å². The van der Waals surface area contributed by atoms with Gasteiger partial charge in [-0.25, -0.2) is 0 Å². The van der Waals surface area contributed by atoms with Crippen molar-refractivity contribution in [2.24, 2.45) is 0 Å². The number of hydrogen-bond donors (Lipinski definition) is 1. The lowest BCUT2D eigenvalue weighted by atomic mass is 10.2. The van der Waals surface area contributed by atoms with E-state index in [0.717, 1.165) is 25.4 Å². The van der Waals surface area contributed by atoms with E-state index in [4.69, 9.17) is 14.2 Å². The maximum Gasteiger partial charge on any atom is 0.119 e. The Morgan fingerprint density at radius 3 is 2.39 bits per heavy atom. The summed E-state index contributed by atoms with van der Waals surface area (Å²) in [6, 6.07) is 8.02. The third-order valence-electron chi connectivity index (χ3n) is 2.42. The summed E-state index contributed by atoms with van der Waals surface area (Å²) in [5, 5.41) is 3.21. The van der Waals surface area contributed by atoms with Gasteiger partial charge in [-0.05, 0) is 19.1 Å². The maximum atomic E-state index is 5.54. The van der Waals surface area contributed by atoms with Gasteiger partial charge in [0, 0.05) is 20.2 Å². The Kier molecular flexibility index (Phi) is 8.21. The van der Waals surface area contributed by atoms with Crippen molar-refractivity contribution in [3.05, 3.63) is 29.8 Å². The fraction of sp³-hybridized carbons (Fsp3) is 0.571. The lowest BCUT2D eigenvalue weighted by molar-refractivity contribution is 0.100. The van der Waals surface area contributed by atoms with Gasteiger partial charge in [0.2, 0.25) is 0 Å². The van der Waals surface area contributed by atoms with Crippen LogP contribution in [0.3, 0.4) is 0 Å². The second-order valence-electron chi connectivity index (χ2n) is 4.02. The highest BCUT2D eigenvalue weighted by molar-refractivity contribution is 5.26. The average molecular weight is 253 g/mol. The normalized spacial score (nSPS) is 10.6. The zero-order valence-corrected chi connectivity index (χ0v) is 11.3. The first kappa shape index (κ1) is 15.0. The Balaban J connectivity index is 1.91. The van der Waals surface area contributed by atoms with Gasteiger partial charge in [-0.2, -0.15) is 0 Å². The fourth-order valence-corrected chi connectivity index (χ4v) is 1.40. The molecule has 1 aromatic carbocycles. The molecule has 102 valence electrons. The Morgan fingerprint density at radius 2 is 1.67 bits per heavy atom. The van der Waals surface area contributed by atoms with Gasteiger partial charge in [0.15, 0.2) is 0 Å². The van der Waals surface area contributed by atoms with Crippen LogP contribution in [0.2, 0.25) is 0 Å². The molecule has 0 heterocycles. The van der Waals surface area contributed by atoms with Crippen LogP contribution < -0.4 is 10.1 Å². The van der Waals surface area contributed by atoms with Gasteiger partial charge in [0.1, 0.15) is 12.4 Å². The molecule has 0 aliphatic rings. The molecule has 0 fully saturated rings. The van der Waals surface area contributed by atoms with E-state index in [1.165, 1.54) is 5.56 Å². The van der Waals surface area contributed by atoms with Crippen molar-refractivity contribution in [2.75, 3.05) is 46.6 Å². The van der Waals surface area contributed by atoms with E-state index >= 15 is 0 Å². The van der Waals surface area contributed by atoms with E-state index in [1.807, 2.05) is 24.3 Å². The monoisotopic (exact) mass is 253 g/mol. The molecular weight excluding hydrogens is 230 g/mol. The topological polar surface area (TPSA) is 39.7 Å². The van der Waals surface area contributed by atoms with Crippen molar-refractivity contribution < 1.29 is 14.2 Å². The predicted molar refractivity (Wildman–Crippen MR) is 72.2 cm³/mol. The molecular formula is C14H23NO3. The number of rotatable bonds is 10. The predicted octanol–water partition coefficient (Wildman–Crippen LogP) is 1.63. The van der Waals surface area contributed by atoms with Crippen LogP contribution in [-0.2, 0) is 9.47 Å². The zero-order chi connectivity index (χ0) is 13.1. The lowest BCUT2D eigenvalue weighted by Gasteiger charge is -2.08. The molecule has 1 aromatic rings. The third kappa shape index (κ3) is 7.27. The summed E-state index contributed by atoms with van der Waals surface area (Å²) >= 11 is 0. The van der Waals surface area contributed by atoms with E-state index in [1.54, 1.807) is 7.11 Å². The summed E-state index contributed by atoms with van der Waals surface area (Å²) in [6.07, 6.45) is 0. The summed E-state index contributed by atoms with van der Waals surface area (Å²) < 4.78 is 15.9. The minimum atomic E-state index is 0.584. The number of benzene rings is 1. The van der Waals surface area contributed by atoms with Gasteiger partial charge < -0.3 is 19.5 Å². The first-order valence-electron chi connectivity index (χ1n) is 6.30. The van der Waals surface area contributed by atoms with Crippen molar-refractivity contribution in [1.29, 1.82) is 0 Å². The minimum absolute atomic E-state index is 0.584. The number of nitrogens with one attached hydrogen (secondary N) is 1. The van der Waals surface area contributed by atoms with Crippen LogP contribution in [0.5, 0.6) is 5.75 Å². The molecule has 0 saturated carbocycles. The molecule has 0 bridgehead atoms. The summed E-state index contributed by atoms with van der Waals surface area (Å²) in [5.41, 5.74) is 1.24. The highest BCUT2D eigenvalue weighted by atomic mass is 16.5. The van der Waals surface area contributed by atoms with E-state index in [0.29, 0.717) is 19.8 Å². The summed E-state index contributed by atoms with van der Waals surface area (Å²) in [6.45, 7) is 6.38. The van der Waals surface area contributed by atoms with Gasteiger partial charge in [0.05, 0.1) is 19.8 Å². The van der Waals surface area contributed by atoms with Gasteiger partial charge >= 0.3 is 0 Å². The van der Waals surface area contributed by atoms with E-state index in [2.05, 4.69) is 12.2 Å². The SMILES string of the molecule is COCCNCCOCCOc1ccc(C)cc1. The van der Waals surface area contributed by atoms with Crippen molar-refractivity contribution in [1.82, 2.24) is 5.32 Å². The molecule has 1 N–H and O–H groups in total. The van der Waals surface area contributed by atoms with Crippen LogP contribution in [0, 0.1) is 6.92 Å². The fourth-order valence-electron chi connectivity index (χ4n) is 1.40. The Labute approximate surface area is 109 Å². The van der Waals surface area contributed by atoms with Crippen LogP contribution in [-0.4, -0.2) is 46.6 Å². The minimum Gasteiger partial charge on any atom is -0.491 e. The molecule has 4 heteroatoms. The van der Waals surface area contributed by atoms with E-state index in [9.17, 15) is 0 Å². The van der Waals surface area contributed by atoms with Crippen LogP contribution in [0.25, 0.3) is 0 Å². The summed E-state index contributed by atoms with van der Waals surface area (Å²) in [5.74, 6) is 0.891. The quantitative estimate of drug-likeness (QED) is 0.643. The molecule has 0 spiro atoms.